The van der Waals surface area contributed by atoms with Crippen LogP contribution >= 0.6 is 11.8 Å². The van der Waals surface area contributed by atoms with Crippen molar-refractivity contribution in [3.05, 3.63) is 78.5 Å². The van der Waals surface area contributed by atoms with Crippen molar-refractivity contribution in [2.24, 2.45) is 0 Å². The highest BCUT2D eigenvalue weighted by molar-refractivity contribution is 7.99. The average molecular weight is 421 g/mol. The zero-order chi connectivity index (χ0) is 20.6. The highest BCUT2D eigenvalue weighted by Gasteiger charge is 2.14. The number of aromatic nitrogens is 1. The number of anilines is 3. The van der Waals surface area contributed by atoms with Gasteiger partial charge < -0.3 is 20.3 Å². The van der Waals surface area contributed by atoms with Gasteiger partial charge in [0.15, 0.2) is 5.82 Å². The second-order valence-electron chi connectivity index (χ2n) is 7.40. The molecule has 0 radical (unpaired) electrons. The quantitative estimate of drug-likeness (QED) is 0.530. The van der Waals surface area contributed by atoms with Gasteiger partial charge in [-0.3, -0.25) is 0 Å². The number of rotatable bonds is 9. The van der Waals surface area contributed by atoms with E-state index >= 15 is 0 Å². The third kappa shape index (κ3) is 5.68. The molecule has 0 aliphatic carbocycles. The number of pyridine rings is 1. The lowest BCUT2D eigenvalue weighted by Gasteiger charge is -2.22. The monoisotopic (exact) mass is 420 g/mol. The summed E-state index contributed by atoms with van der Waals surface area (Å²) in [5.74, 6) is 4.07. The second kappa shape index (κ2) is 10.4. The van der Waals surface area contributed by atoms with Gasteiger partial charge in [0.25, 0.3) is 0 Å². The van der Waals surface area contributed by atoms with Crippen LogP contribution < -0.4 is 20.3 Å². The molecule has 2 heterocycles. The fraction of sp³-hybridized carbons (Fsp3) is 0.292. The molecule has 6 heteroatoms. The third-order valence-corrected chi connectivity index (χ3v) is 6.10. The molecule has 30 heavy (non-hydrogen) atoms. The van der Waals surface area contributed by atoms with Gasteiger partial charge in [-0.1, -0.05) is 30.3 Å². The summed E-state index contributed by atoms with van der Waals surface area (Å²) < 4.78 is 5.97. The van der Waals surface area contributed by atoms with Gasteiger partial charge in [0, 0.05) is 36.6 Å². The summed E-state index contributed by atoms with van der Waals surface area (Å²) in [4.78, 5) is 6.68. The Hall–Kier alpha value is -2.70. The number of likely N-dealkylation sites (N-methyl/N-ethyl adjacent to an activating group) is 1. The topological polar surface area (TPSA) is 49.4 Å². The Labute approximate surface area is 182 Å². The number of nitrogens with zero attached hydrogens (tertiary/aromatic N) is 2. The van der Waals surface area contributed by atoms with Crippen molar-refractivity contribution in [3.63, 3.8) is 0 Å². The molecule has 0 spiro atoms. The number of nitrogens with one attached hydrogen (secondary N) is 2. The number of ether oxygens (including phenoxy) is 1. The fourth-order valence-corrected chi connectivity index (χ4v) is 4.45. The van der Waals surface area contributed by atoms with Gasteiger partial charge in [0.1, 0.15) is 12.4 Å². The van der Waals surface area contributed by atoms with Gasteiger partial charge in [-0.05, 0) is 48.4 Å². The summed E-state index contributed by atoms with van der Waals surface area (Å²) in [6, 6.07) is 23.2. The molecule has 3 aromatic rings. The van der Waals surface area contributed by atoms with Crippen LogP contribution in [0.25, 0.3) is 0 Å². The first-order valence-electron chi connectivity index (χ1n) is 10.3. The van der Waals surface area contributed by atoms with Crippen molar-refractivity contribution in [1.29, 1.82) is 0 Å². The van der Waals surface area contributed by atoms with Crippen molar-refractivity contribution in [1.82, 2.24) is 10.3 Å². The van der Waals surface area contributed by atoms with Crippen LogP contribution in [0.2, 0.25) is 0 Å². The molecule has 5 nitrogen and oxygen atoms in total. The molecule has 1 aliphatic rings. The third-order valence-electron chi connectivity index (χ3n) is 5.10. The second-order valence-corrected chi connectivity index (χ2v) is 8.43. The maximum absolute atomic E-state index is 5.97. The van der Waals surface area contributed by atoms with E-state index in [0.717, 1.165) is 41.8 Å². The van der Waals surface area contributed by atoms with Gasteiger partial charge >= 0.3 is 0 Å². The summed E-state index contributed by atoms with van der Waals surface area (Å²) in [6.45, 7) is 1.34. The van der Waals surface area contributed by atoms with E-state index in [1.165, 1.54) is 11.3 Å². The van der Waals surface area contributed by atoms with E-state index in [9.17, 15) is 0 Å². The summed E-state index contributed by atoms with van der Waals surface area (Å²) in [5, 5.41) is 6.96. The first kappa shape index (κ1) is 20.6. The van der Waals surface area contributed by atoms with Gasteiger partial charge in [-0.25, -0.2) is 4.98 Å². The molecular formula is C24H28N4OS. The summed E-state index contributed by atoms with van der Waals surface area (Å²) in [7, 11) is 2.04. The van der Waals surface area contributed by atoms with Crippen LogP contribution in [0.3, 0.4) is 0 Å². The van der Waals surface area contributed by atoms with Crippen LogP contribution in [0.4, 0.5) is 17.2 Å². The average Bonchev–Trinajstić information content (AvgIpc) is 3.29. The van der Waals surface area contributed by atoms with E-state index in [2.05, 4.69) is 44.8 Å². The van der Waals surface area contributed by atoms with E-state index in [-0.39, 0.29) is 0 Å². The molecular weight excluding hydrogens is 392 g/mol. The van der Waals surface area contributed by atoms with E-state index in [1.807, 2.05) is 67.5 Å². The van der Waals surface area contributed by atoms with Crippen molar-refractivity contribution in [3.8, 4) is 5.75 Å². The van der Waals surface area contributed by atoms with Crippen molar-refractivity contribution in [2.75, 3.05) is 42.0 Å². The number of thioether (sulfide) groups is 1. The van der Waals surface area contributed by atoms with Crippen molar-refractivity contribution < 1.29 is 4.74 Å². The Morgan fingerprint density at radius 1 is 1.10 bits per heavy atom. The molecule has 1 atom stereocenters. The van der Waals surface area contributed by atoms with Crippen LogP contribution in [0, 0.1) is 0 Å². The molecule has 1 saturated heterocycles. The largest absolute Gasteiger partial charge is 0.492 e. The fourth-order valence-electron chi connectivity index (χ4n) is 3.46. The molecule has 1 fully saturated rings. The minimum Gasteiger partial charge on any atom is -0.492 e. The number of para-hydroxylation sites is 1. The number of benzene rings is 2. The molecule has 0 saturated carbocycles. The molecule has 2 N–H and O–H groups in total. The van der Waals surface area contributed by atoms with Gasteiger partial charge in [-0.2, -0.15) is 0 Å². The van der Waals surface area contributed by atoms with E-state index in [4.69, 9.17) is 4.74 Å². The molecule has 2 aromatic carbocycles. The Kier molecular flexibility index (Phi) is 7.11. The SMILES string of the molecule is CN(CCOc1ccc(CC2CSCN2)cc1)c1ncccc1Nc1ccccc1. The molecule has 1 aliphatic heterocycles. The normalized spacial score (nSPS) is 15.7. The smallest absolute Gasteiger partial charge is 0.152 e. The number of hydrogen-bond donors (Lipinski definition) is 2. The van der Waals surface area contributed by atoms with E-state index in [1.54, 1.807) is 0 Å². The lowest BCUT2D eigenvalue weighted by atomic mass is 10.1. The van der Waals surface area contributed by atoms with Crippen LogP contribution in [-0.4, -0.2) is 42.9 Å². The van der Waals surface area contributed by atoms with E-state index < -0.39 is 0 Å². The maximum atomic E-state index is 5.97. The van der Waals surface area contributed by atoms with Crippen molar-refractivity contribution in [2.45, 2.75) is 12.5 Å². The Morgan fingerprint density at radius 2 is 1.93 bits per heavy atom. The zero-order valence-corrected chi connectivity index (χ0v) is 18.1. The molecule has 0 amide bonds. The highest BCUT2D eigenvalue weighted by atomic mass is 32.2. The van der Waals surface area contributed by atoms with Crippen LogP contribution in [0.1, 0.15) is 5.56 Å². The van der Waals surface area contributed by atoms with Gasteiger partial charge in [0.05, 0.1) is 12.2 Å². The van der Waals surface area contributed by atoms with Crippen molar-refractivity contribution >= 4 is 29.0 Å². The predicted molar refractivity (Wildman–Crippen MR) is 127 cm³/mol. The molecule has 156 valence electrons. The molecule has 1 unspecified atom stereocenters. The molecule has 4 rings (SSSR count). The standard InChI is InChI=1S/C24H28N4OS/c1-28(24-23(8-5-13-25-24)27-20-6-3-2-4-7-20)14-15-29-22-11-9-19(10-12-22)16-21-17-30-18-26-21/h2-13,21,26-27H,14-18H2,1H3. The van der Waals surface area contributed by atoms with Gasteiger partial charge in [-0.15, -0.1) is 11.8 Å². The minimum atomic E-state index is 0.590. The Balaban J connectivity index is 1.29. The lowest BCUT2D eigenvalue weighted by Crippen LogP contribution is -2.26. The zero-order valence-electron chi connectivity index (χ0n) is 17.3. The Bertz CT molecular complexity index is 914. The Morgan fingerprint density at radius 3 is 2.70 bits per heavy atom. The van der Waals surface area contributed by atoms with Crippen LogP contribution in [0.15, 0.2) is 72.9 Å². The maximum Gasteiger partial charge on any atom is 0.152 e. The summed E-state index contributed by atoms with van der Waals surface area (Å²) >= 11 is 1.97. The van der Waals surface area contributed by atoms with Crippen LogP contribution in [0.5, 0.6) is 5.75 Å². The lowest BCUT2D eigenvalue weighted by molar-refractivity contribution is 0.325. The minimum absolute atomic E-state index is 0.590. The van der Waals surface area contributed by atoms with Crippen LogP contribution in [-0.2, 0) is 6.42 Å². The van der Waals surface area contributed by atoms with E-state index in [0.29, 0.717) is 12.6 Å². The first-order valence-corrected chi connectivity index (χ1v) is 11.4. The van der Waals surface area contributed by atoms with Gasteiger partial charge in [0.2, 0.25) is 0 Å². The first-order chi connectivity index (χ1) is 14.8. The molecule has 0 bridgehead atoms. The molecule has 1 aromatic heterocycles. The predicted octanol–water partition coefficient (Wildman–Crippen LogP) is 4.55. The summed E-state index contributed by atoms with van der Waals surface area (Å²) in [6.07, 6.45) is 2.90. The number of hydrogen-bond acceptors (Lipinski definition) is 6. The summed E-state index contributed by atoms with van der Waals surface area (Å²) in [5.41, 5.74) is 3.38. The highest BCUT2D eigenvalue weighted by Crippen LogP contribution is 2.25.